The molecule has 27 heavy (non-hydrogen) atoms. The van der Waals surface area contributed by atoms with Gasteiger partial charge in [0.15, 0.2) is 0 Å². The fourth-order valence-electron chi connectivity index (χ4n) is 2.30. The molecule has 0 saturated heterocycles. The summed E-state index contributed by atoms with van der Waals surface area (Å²) in [6.45, 7) is 0. The second kappa shape index (κ2) is 10.2. The molecule has 137 valence electrons. The molecular weight excluding hydrogens is 518 g/mol. The standard InChI is InChI=1S/C15H11N2.C6H5NO2.Ir/c1-2-6-13(7-3-1)14-8-4-9-15(12-14)17-11-5-10-16-17;8-6(9)5-3-1-2-4-7-5;/h1-8,10-12H;1-4H,(H,8,9);/q-1;;. The fraction of sp³-hybridized carbons (Fsp3) is 0. The first-order valence-electron chi connectivity index (χ1n) is 7.95. The third-order valence-electron chi connectivity index (χ3n) is 3.53. The van der Waals surface area contributed by atoms with E-state index in [4.69, 9.17) is 5.11 Å². The summed E-state index contributed by atoms with van der Waals surface area (Å²) >= 11 is 0. The first-order valence-corrected chi connectivity index (χ1v) is 7.95. The van der Waals surface area contributed by atoms with Crippen molar-refractivity contribution < 1.29 is 30.0 Å². The molecule has 0 unspecified atom stereocenters. The van der Waals surface area contributed by atoms with Crippen molar-refractivity contribution >= 4 is 5.97 Å². The van der Waals surface area contributed by atoms with Gasteiger partial charge < -0.3 is 5.11 Å². The van der Waals surface area contributed by atoms with E-state index in [1.54, 1.807) is 18.3 Å². The molecule has 0 atom stereocenters. The summed E-state index contributed by atoms with van der Waals surface area (Å²) in [6, 6.07) is 26.2. The average Bonchev–Trinajstić information content (AvgIpc) is 3.25. The van der Waals surface area contributed by atoms with Crippen molar-refractivity contribution in [1.29, 1.82) is 0 Å². The molecular formula is C21H16IrN3O2-. The average molecular weight is 535 g/mol. The quantitative estimate of drug-likeness (QED) is 0.402. The largest absolute Gasteiger partial charge is 0.477 e. The number of carboxylic acids is 1. The van der Waals surface area contributed by atoms with Crippen LogP contribution < -0.4 is 0 Å². The second-order valence-electron chi connectivity index (χ2n) is 5.30. The van der Waals surface area contributed by atoms with Crippen molar-refractivity contribution in [3.05, 3.63) is 103 Å². The van der Waals surface area contributed by atoms with E-state index in [1.807, 2.05) is 41.2 Å². The van der Waals surface area contributed by atoms with E-state index in [9.17, 15) is 4.79 Å². The Bertz CT molecular complexity index is 959. The Labute approximate surface area is 170 Å². The predicted octanol–water partition coefficient (Wildman–Crippen LogP) is 4.12. The van der Waals surface area contributed by atoms with E-state index in [2.05, 4.69) is 40.4 Å². The van der Waals surface area contributed by atoms with Gasteiger partial charge in [0.2, 0.25) is 0 Å². The van der Waals surface area contributed by atoms with Gasteiger partial charge in [0, 0.05) is 38.7 Å². The van der Waals surface area contributed by atoms with E-state index in [1.165, 1.54) is 23.4 Å². The van der Waals surface area contributed by atoms with Crippen LogP contribution in [0.4, 0.5) is 0 Å². The number of rotatable bonds is 3. The number of nitrogens with zero attached hydrogens (tertiary/aromatic N) is 3. The first kappa shape index (κ1) is 20.2. The van der Waals surface area contributed by atoms with Crippen LogP contribution in [0.25, 0.3) is 16.8 Å². The third kappa shape index (κ3) is 5.71. The molecule has 2 heterocycles. The molecule has 1 radical (unpaired) electrons. The zero-order chi connectivity index (χ0) is 18.2. The minimum Gasteiger partial charge on any atom is -0.477 e. The normalized spacial score (nSPS) is 9.48. The number of carbonyl (C=O) groups is 1. The number of benzene rings is 2. The Kier molecular flexibility index (Phi) is 7.62. The Morgan fingerprint density at radius 2 is 1.70 bits per heavy atom. The van der Waals surface area contributed by atoms with E-state index in [0.717, 1.165) is 5.69 Å². The summed E-state index contributed by atoms with van der Waals surface area (Å²) < 4.78 is 1.81. The molecule has 0 aliphatic rings. The van der Waals surface area contributed by atoms with Crippen LogP contribution in [0.1, 0.15) is 10.5 Å². The van der Waals surface area contributed by atoms with Gasteiger partial charge in [0.05, 0.1) is 0 Å². The van der Waals surface area contributed by atoms with Crippen LogP contribution in [0.15, 0.2) is 91.4 Å². The van der Waals surface area contributed by atoms with Crippen molar-refractivity contribution in [3.63, 3.8) is 0 Å². The van der Waals surface area contributed by atoms with Crippen LogP contribution in [-0.4, -0.2) is 25.8 Å². The number of carboxylic acid groups (broad SMARTS) is 1. The first-order chi connectivity index (χ1) is 12.7. The number of hydrogen-bond donors (Lipinski definition) is 1. The summed E-state index contributed by atoms with van der Waals surface area (Å²) in [5.41, 5.74) is 3.42. The van der Waals surface area contributed by atoms with Crippen LogP contribution in [-0.2, 0) is 20.1 Å². The van der Waals surface area contributed by atoms with E-state index >= 15 is 0 Å². The molecule has 6 heteroatoms. The summed E-state index contributed by atoms with van der Waals surface area (Å²) in [7, 11) is 0. The number of aromatic nitrogens is 3. The minimum atomic E-state index is -0.990. The van der Waals surface area contributed by atoms with Gasteiger partial charge in [-0.15, -0.1) is 11.6 Å². The van der Waals surface area contributed by atoms with Gasteiger partial charge in [0.1, 0.15) is 5.69 Å². The van der Waals surface area contributed by atoms with Crippen LogP contribution in [0.2, 0.25) is 0 Å². The fourth-order valence-corrected chi connectivity index (χ4v) is 2.30. The van der Waals surface area contributed by atoms with Crippen LogP contribution >= 0.6 is 0 Å². The monoisotopic (exact) mass is 535 g/mol. The van der Waals surface area contributed by atoms with Gasteiger partial charge in [-0.3, -0.25) is 4.68 Å². The molecule has 1 N–H and O–H groups in total. The molecule has 0 aliphatic carbocycles. The van der Waals surface area contributed by atoms with Crippen molar-refractivity contribution in [1.82, 2.24) is 14.8 Å². The number of aromatic carboxylic acids is 1. The molecule has 0 fully saturated rings. The molecule has 0 saturated carbocycles. The summed E-state index contributed by atoms with van der Waals surface area (Å²) in [5, 5.41) is 12.5. The maximum absolute atomic E-state index is 10.1. The SMILES string of the molecule is O=C(O)c1ccccn1.[Ir].[c-]1ccc(-c2ccccc2)cc1-n1cccn1. The molecule has 4 rings (SSSR count). The van der Waals surface area contributed by atoms with Gasteiger partial charge in [-0.2, -0.15) is 23.3 Å². The van der Waals surface area contributed by atoms with E-state index < -0.39 is 5.97 Å². The Hall–Kier alpha value is -3.08. The number of hydrogen-bond acceptors (Lipinski definition) is 3. The van der Waals surface area contributed by atoms with E-state index in [0.29, 0.717) is 0 Å². The third-order valence-corrected chi connectivity index (χ3v) is 3.53. The van der Waals surface area contributed by atoms with Crippen molar-refractivity contribution in [3.8, 4) is 16.8 Å². The van der Waals surface area contributed by atoms with Gasteiger partial charge in [-0.05, 0) is 29.4 Å². The summed E-state index contributed by atoms with van der Waals surface area (Å²) in [6.07, 6.45) is 5.13. The van der Waals surface area contributed by atoms with E-state index in [-0.39, 0.29) is 25.8 Å². The predicted molar refractivity (Wildman–Crippen MR) is 99.0 cm³/mol. The van der Waals surface area contributed by atoms with Gasteiger partial charge in [-0.1, -0.05) is 36.4 Å². The molecule has 0 spiro atoms. The zero-order valence-corrected chi connectivity index (χ0v) is 16.6. The molecule has 0 aliphatic heterocycles. The topological polar surface area (TPSA) is 68.0 Å². The van der Waals surface area contributed by atoms with Crippen molar-refractivity contribution in [2.45, 2.75) is 0 Å². The minimum absolute atomic E-state index is 0. The smallest absolute Gasteiger partial charge is 0.354 e. The Balaban J connectivity index is 0.000000224. The molecule has 5 nitrogen and oxygen atoms in total. The Morgan fingerprint density at radius 1 is 0.926 bits per heavy atom. The van der Waals surface area contributed by atoms with Crippen molar-refractivity contribution in [2.75, 3.05) is 0 Å². The molecule has 2 aromatic heterocycles. The van der Waals surface area contributed by atoms with Gasteiger partial charge >= 0.3 is 5.97 Å². The second-order valence-corrected chi connectivity index (χ2v) is 5.30. The molecule has 4 aromatic rings. The van der Waals surface area contributed by atoms with Gasteiger partial charge in [-0.25, -0.2) is 9.78 Å². The maximum atomic E-state index is 10.1. The maximum Gasteiger partial charge on any atom is 0.354 e. The molecule has 0 amide bonds. The number of pyridine rings is 1. The van der Waals surface area contributed by atoms with Gasteiger partial charge in [0.25, 0.3) is 0 Å². The summed E-state index contributed by atoms with van der Waals surface area (Å²) in [5.74, 6) is -0.990. The molecule has 0 bridgehead atoms. The Morgan fingerprint density at radius 3 is 2.30 bits per heavy atom. The zero-order valence-electron chi connectivity index (χ0n) is 14.2. The van der Waals surface area contributed by atoms with Crippen LogP contribution in [0.3, 0.4) is 0 Å². The van der Waals surface area contributed by atoms with Crippen LogP contribution in [0, 0.1) is 6.07 Å². The van der Waals surface area contributed by atoms with Crippen LogP contribution in [0.5, 0.6) is 0 Å². The molecule has 2 aromatic carbocycles. The summed E-state index contributed by atoms with van der Waals surface area (Å²) in [4.78, 5) is 13.7. The van der Waals surface area contributed by atoms with Crippen molar-refractivity contribution in [2.24, 2.45) is 0 Å².